The minimum atomic E-state index is -0.454. The van der Waals surface area contributed by atoms with Crippen molar-refractivity contribution in [2.75, 3.05) is 26.7 Å². The number of hydrogen-bond donors (Lipinski definition) is 2. The largest absolute Gasteiger partial charge is 0.359 e. The Morgan fingerprint density at radius 1 is 1.52 bits per heavy atom. The van der Waals surface area contributed by atoms with Crippen molar-refractivity contribution in [3.8, 4) is 6.07 Å². The van der Waals surface area contributed by atoms with Crippen LogP contribution in [0, 0.1) is 17.2 Å². The lowest BCUT2D eigenvalue weighted by Crippen LogP contribution is -2.46. The molecule has 120 valence electrons. The van der Waals surface area contributed by atoms with Gasteiger partial charge in [0, 0.05) is 19.6 Å². The van der Waals surface area contributed by atoms with Crippen LogP contribution in [0.1, 0.15) is 46.5 Å². The zero-order valence-corrected chi connectivity index (χ0v) is 13.9. The molecule has 1 heterocycles. The van der Waals surface area contributed by atoms with Crippen LogP contribution in [0.3, 0.4) is 0 Å². The van der Waals surface area contributed by atoms with Crippen molar-refractivity contribution in [2.24, 2.45) is 5.92 Å². The Hall–Kier alpha value is -1.12. The van der Waals surface area contributed by atoms with Gasteiger partial charge in [0.25, 0.3) is 0 Å². The van der Waals surface area contributed by atoms with Crippen LogP contribution in [0.5, 0.6) is 0 Å². The lowest BCUT2D eigenvalue weighted by Gasteiger charge is -2.33. The minimum Gasteiger partial charge on any atom is -0.359 e. The molecule has 0 aromatic carbocycles. The molecule has 0 aliphatic carbocycles. The number of piperidine rings is 1. The van der Waals surface area contributed by atoms with Gasteiger partial charge >= 0.3 is 0 Å². The average Bonchev–Trinajstić information content (AvgIpc) is 2.46. The Kier molecular flexibility index (Phi) is 7.13. The second-order valence-electron chi connectivity index (χ2n) is 6.60. The SMILES string of the molecule is CNC(=O)C1CCCN(CCCC(C)(C#N)NC(C)C)C1. The second kappa shape index (κ2) is 8.35. The van der Waals surface area contributed by atoms with Crippen molar-refractivity contribution in [1.82, 2.24) is 15.5 Å². The summed E-state index contributed by atoms with van der Waals surface area (Å²) in [6.45, 7) is 8.97. The van der Waals surface area contributed by atoms with Gasteiger partial charge in [-0.1, -0.05) is 0 Å². The summed E-state index contributed by atoms with van der Waals surface area (Å²) in [5, 5.41) is 15.4. The standard InChI is InChI=1S/C16H30N4O/c1-13(2)19-16(3,12-17)8-6-10-20-9-5-7-14(11-20)15(21)18-4/h13-14,19H,5-11H2,1-4H3,(H,18,21). The summed E-state index contributed by atoms with van der Waals surface area (Å²) in [6.07, 6.45) is 3.88. The Morgan fingerprint density at radius 2 is 2.24 bits per heavy atom. The highest BCUT2D eigenvalue weighted by Gasteiger charge is 2.27. The highest BCUT2D eigenvalue weighted by molar-refractivity contribution is 5.78. The summed E-state index contributed by atoms with van der Waals surface area (Å²) in [7, 11) is 1.71. The fraction of sp³-hybridized carbons (Fsp3) is 0.875. The third-order valence-corrected chi connectivity index (χ3v) is 4.13. The van der Waals surface area contributed by atoms with Crippen LogP contribution in [0.25, 0.3) is 0 Å². The quantitative estimate of drug-likeness (QED) is 0.747. The topological polar surface area (TPSA) is 68.2 Å². The van der Waals surface area contributed by atoms with Gasteiger partial charge in [-0.15, -0.1) is 0 Å². The van der Waals surface area contributed by atoms with Crippen molar-refractivity contribution >= 4 is 5.91 Å². The molecule has 0 aromatic rings. The Labute approximate surface area is 129 Å². The van der Waals surface area contributed by atoms with Crippen molar-refractivity contribution in [3.63, 3.8) is 0 Å². The minimum absolute atomic E-state index is 0.125. The van der Waals surface area contributed by atoms with Crippen LogP contribution in [0.4, 0.5) is 0 Å². The van der Waals surface area contributed by atoms with Crippen molar-refractivity contribution < 1.29 is 4.79 Å². The molecule has 1 amide bonds. The Morgan fingerprint density at radius 3 is 2.81 bits per heavy atom. The molecule has 1 rings (SSSR count). The molecule has 5 heteroatoms. The number of nitrogens with one attached hydrogen (secondary N) is 2. The summed E-state index contributed by atoms with van der Waals surface area (Å²) in [4.78, 5) is 14.1. The van der Waals surface area contributed by atoms with Crippen molar-refractivity contribution in [2.45, 2.75) is 58.0 Å². The first kappa shape index (κ1) is 17.9. The summed E-state index contributed by atoms with van der Waals surface area (Å²) in [6, 6.07) is 2.70. The predicted molar refractivity (Wildman–Crippen MR) is 84.8 cm³/mol. The number of amides is 1. The number of hydrogen-bond acceptors (Lipinski definition) is 4. The second-order valence-corrected chi connectivity index (χ2v) is 6.60. The molecule has 1 aliphatic heterocycles. The predicted octanol–water partition coefficient (Wildman–Crippen LogP) is 1.50. The van der Waals surface area contributed by atoms with E-state index in [1.54, 1.807) is 7.05 Å². The lowest BCUT2D eigenvalue weighted by molar-refractivity contribution is -0.126. The molecule has 1 aliphatic rings. The van der Waals surface area contributed by atoms with E-state index < -0.39 is 5.54 Å². The van der Waals surface area contributed by atoms with E-state index in [1.165, 1.54) is 0 Å². The van der Waals surface area contributed by atoms with E-state index in [0.717, 1.165) is 45.3 Å². The van der Waals surface area contributed by atoms with Gasteiger partial charge in [0.2, 0.25) is 5.91 Å². The maximum absolute atomic E-state index is 11.7. The van der Waals surface area contributed by atoms with E-state index in [-0.39, 0.29) is 11.8 Å². The molecular weight excluding hydrogens is 264 g/mol. The number of carbonyl (C=O) groups excluding carboxylic acids is 1. The molecule has 2 unspecified atom stereocenters. The lowest BCUT2D eigenvalue weighted by atomic mass is 9.94. The molecule has 1 saturated heterocycles. The van der Waals surface area contributed by atoms with Crippen LogP contribution >= 0.6 is 0 Å². The average molecular weight is 294 g/mol. The van der Waals surface area contributed by atoms with Gasteiger partial charge < -0.3 is 10.2 Å². The molecule has 2 atom stereocenters. The van der Waals surface area contributed by atoms with Gasteiger partial charge in [-0.2, -0.15) is 5.26 Å². The van der Waals surface area contributed by atoms with E-state index >= 15 is 0 Å². The first-order valence-corrected chi connectivity index (χ1v) is 8.03. The number of rotatable bonds is 7. The van der Waals surface area contributed by atoms with Crippen LogP contribution in [-0.2, 0) is 4.79 Å². The summed E-state index contributed by atoms with van der Waals surface area (Å²) in [5.74, 6) is 0.280. The van der Waals surface area contributed by atoms with E-state index in [9.17, 15) is 10.1 Å². The van der Waals surface area contributed by atoms with Gasteiger partial charge in [0.05, 0.1) is 12.0 Å². The van der Waals surface area contributed by atoms with Gasteiger partial charge in [-0.05, 0) is 59.5 Å². The molecule has 2 N–H and O–H groups in total. The maximum Gasteiger partial charge on any atom is 0.224 e. The van der Waals surface area contributed by atoms with E-state index in [4.69, 9.17) is 0 Å². The van der Waals surface area contributed by atoms with Gasteiger partial charge in [0.1, 0.15) is 5.54 Å². The fourth-order valence-corrected chi connectivity index (χ4v) is 3.13. The van der Waals surface area contributed by atoms with E-state index in [2.05, 4.69) is 35.5 Å². The van der Waals surface area contributed by atoms with Crippen molar-refractivity contribution in [1.29, 1.82) is 5.26 Å². The highest BCUT2D eigenvalue weighted by atomic mass is 16.1. The molecule has 21 heavy (non-hydrogen) atoms. The third-order valence-electron chi connectivity index (χ3n) is 4.13. The van der Waals surface area contributed by atoms with E-state index in [1.807, 2.05) is 6.92 Å². The first-order chi connectivity index (χ1) is 9.90. The number of carbonyl (C=O) groups is 1. The molecule has 1 fully saturated rings. The van der Waals surface area contributed by atoms with Gasteiger partial charge in [-0.25, -0.2) is 0 Å². The molecule has 0 radical (unpaired) electrons. The van der Waals surface area contributed by atoms with E-state index in [0.29, 0.717) is 6.04 Å². The Bertz CT molecular complexity index is 377. The smallest absolute Gasteiger partial charge is 0.224 e. The normalized spacial score (nSPS) is 22.6. The third kappa shape index (κ3) is 6.03. The zero-order chi connectivity index (χ0) is 15.9. The van der Waals surface area contributed by atoms with Crippen LogP contribution in [-0.4, -0.2) is 49.1 Å². The molecule has 0 bridgehead atoms. The number of nitrogens with zero attached hydrogens (tertiary/aromatic N) is 2. The van der Waals surface area contributed by atoms with Crippen molar-refractivity contribution in [3.05, 3.63) is 0 Å². The van der Waals surface area contributed by atoms with Crippen LogP contribution in [0.15, 0.2) is 0 Å². The van der Waals surface area contributed by atoms with Gasteiger partial charge in [-0.3, -0.25) is 10.1 Å². The van der Waals surface area contributed by atoms with Crippen LogP contribution < -0.4 is 10.6 Å². The summed E-state index contributed by atoms with van der Waals surface area (Å²) in [5.41, 5.74) is -0.454. The molecular formula is C16H30N4O. The summed E-state index contributed by atoms with van der Waals surface area (Å²) < 4.78 is 0. The fourth-order valence-electron chi connectivity index (χ4n) is 3.13. The Balaban J connectivity index is 2.38. The van der Waals surface area contributed by atoms with Gasteiger partial charge in [0.15, 0.2) is 0 Å². The number of nitriles is 1. The molecule has 0 aromatic heterocycles. The number of likely N-dealkylation sites (tertiary alicyclic amines) is 1. The molecule has 0 spiro atoms. The summed E-state index contributed by atoms with van der Waals surface area (Å²) >= 11 is 0. The van der Waals surface area contributed by atoms with Crippen LogP contribution in [0.2, 0.25) is 0 Å². The molecule has 0 saturated carbocycles. The highest BCUT2D eigenvalue weighted by Crippen LogP contribution is 2.18. The maximum atomic E-state index is 11.7. The zero-order valence-electron chi connectivity index (χ0n) is 13.9. The monoisotopic (exact) mass is 294 g/mol. The molecule has 5 nitrogen and oxygen atoms in total. The first-order valence-electron chi connectivity index (χ1n) is 8.03.